The number of nitrogens with zero attached hydrogens (tertiary/aromatic N) is 2. The largest absolute Gasteiger partial charge is 0.354 e. The molecule has 1 unspecified atom stereocenters. The summed E-state index contributed by atoms with van der Waals surface area (Å²) in [6.07, 6.45) is 2.61. The molecule has 0 aliphatic heterocycles. The van der Waals surface area contributed by atoms with Gasteiger partial charge in [-0.05, 0) is 61.6 Å². The molecule has 0 heterocycles. The van der Waals surface area contributed by atoms with Crippen molar-refractivity contribution in [2.75, 3.05) is 23.7 Å². The SMILES string of the molecule is CCCNC(=O)C(CC)N(Cc1ccc(Cl)c(Cl)c1)C(=O)CCCN(c1cccc(Cl)c1C)S(C)(=O)=O. The smallest absolute Gasteiger partial charge is 0.242 e. The number of carbonyl (C=O) groups excluding carboxylic acids is 2. The molecule has 0 saturated heterocycles. The fourth-order valence-electron chi connectivity index (χ4n) is 3.97. The number of sulfonamides is 1. The van der Waals surface area contributed by atoms with Gasteiger partial charge in [-0.2, -0.15) is 0 Å². The van der Waals surface area contributed by atoms with Crippen LogP contribution in [-0.2, 0) is 26.2 Å². The summed E-state index contributed by atoms with van der Waals surface area (Å²) in [6.45, 7) is 6.31. The molecule has 37 heavy (non-hydrogen) atoms. The molecule has 2 aromatic rings. The topological polar surface area (TPSA) is 86.8 Å². The zero-order chi connectivity index (χ0) is 27.8. The zero-order valence-electron chi connectivity index (χ0n) is 21.6. The Kier molecular flexibility index (Phi) is 12.0. The lowest BCUT2D eigenvalue weighted by atomic mass is 10.1. The minimum atomic E-state index is -3.62. The van der Waals surface area contributed by atoms with Crippen molar-refractivity contribution >= 4 is 62.3 Å². The first-order chi connectivity index (χ1) is 17.4. The summed E-state index contributed by atoms with van der Waals surface area (Å²) < 4.78 is 26.4. The molecule has 0 aliphatic rings. The Morgan fingerprint density at radius 3 is 2.32 bits per heavy atom. The fourth-order valence-corrected chi connectivity index (χ4v) is 5.47. The zero-order valence-corrected chi connectivity index (χ0v) is 24.6. The molecule has 2 amide bonds. The molecule has 2 aromatic carbocycles. The summed E-state index contributed by atoms with van der Waals surface area (Å²) in [6, 6.07) is 9.47. The normalized spacial score (nSPS) is 12.2. The summed E-state index contributed by atoms with van der Waals surface area (Å²) in [7, 11) is -3.62. The summed E-state index contributed by atoms with van der Waals surface area (Å²) in [5, 5.41) is 4.08. The van der Waals surface area contributed by atoms with Crippen molar-refractivity contribution in [3.8, 4) is 0 Å². The van der Waals surface area contributed by atoms with E-state index in [-0.39, 0.29) is 37.7 Å². The molecule has 1 atom stereocenters. The number of benzene rings is 2. The lowest BCUT2D eigenvalue weighted by Crippen LogP contribution is -2.49. The second-order valence-electron chi connectivity index (χ2n) is 8.81. The monoisotopic (exact) mass is 589 g/mol. The number of anilines is 1. The molecule has 7 nitrogen and oxygen atoms in total. The molecule has 2 rings (SSSR count). The van der Waals surface area contributed by atoms with Gasteiger partial charge in [-0.25, -0.2) is 8.42 Å². The van der Waals surface area contributed by atoms with E-state index in [1.807, 2.05) is 13.8 Å². The van der Waals surface area contributed by atoms with Crippen molar-refractivity contribution in [3.05, 3.63) is 62.6 Å². The number of rotatable bonds is 13. The highest BCUT2D eigenvalue weighted by Gasteiger charge is 2.29. The number of halogens is 3. The van der Waals surface area contributed by atoms with Crippen LogP contribution >= 0.6 is 34.8 Å². The molecule has 0 fully saturated rings. The first-order valence-corrected chi connectivity index (χ1v) is 15.1. The number of nitrogens with one attached hydrogen (secondary N) is 1. The van der Waals surface area contributed by atoms with Crippen molar-refractivity contribution in [2.24, 2.45) is 0 Å². The Labute approximate surface area is 235 Å². The Hall–Kier alpha value is -2.00. The molecular weight excluding hydrogens is 557 g/mol. The highest BCUT2D eigenvalue weighted by Crippen LogP contribution is 2.29. The molecule has 0 bridgehead atoms. The number of hydrogen-bond donors (Lipinski definition) is 1. The van der Waals surface area contributed by atoms with Gasteiger partial charge in [-0.1, -0.05) is 60.8 Å². The van der Waals surface area contributed by atoms with Gasteiger partial charge in [0.1, 0.15) is 6.04 Å². The Bertz CT molecular complexity index is 1210. The first-order valence-electron chi connectivity index (χ1n) is 12.1. The maximum atomic E-state index is 13.5. The summed E-state index contributed by atoms with van der Waals surface area (Å²) in [5.41, 5.74) is 1.85. The lowest BCUT2D eigenvalue weighted by Gasteiger charge is -2.31. The Balaban J connectivity index is 2.26. The number of carbonyl (C=O) groups is 2. The van der Waals surface area contributed by atoms with E-state index in [2.05, 4.69) is 5.32 Å². The van der Waals surface area contributed by atoms with Gasteiger partial charge in [0, 0.05) is 31.1 Å². The van der Waals surface area contributed by atoms with Crippen LogP contribution in [-0.4, -0.2) is 50.5 Å². The van der Waals surface area contributed by atoms with E-state index in [1.165, 1.54) is 9.21 Å². The third-order valence-electron chi connectivity index (χ3n) is 5.93. The second-order valence-corrected chi connectivity index (χ2v) is 11.9. The van der Waals surface area contributed by atoms with E-state index < -0.39 is 16.1 Å². The van der Waals surface area contributed by atoms with Crippen LogP contribution in [0.1, 0.15) is 50.7 Å². The van der Waals surface area contributed by atoms with Gasteiger partial charge in [0.25, 0.3) is 0 Å². The average Bonchev–Trinajstić information content (AvgIpc) is 2.83. The minimum Gasteiger partial charge on any atom is -0.354 e. The predicted octanol–water partition coefficient (Wildman–Crippen LogP) is 5.84. The van der Waals surface area contributed by atoms with E-state index >= 15 is 0 Å². The highest BCUT2D eigenvalue weighted by atomic mass is 35.5. The highest BCUT2D eigenvalue weighted by molar-refractivity contribution is 7.92. The molecular formula is C26H34Cl3N3O4S. The predicted molar refractivity (Wildman–Crippen MR) is 152 cm³/mol. The molecule has 204 valence electrons. The molecule has 0 aromatic heterocycles. The van der Waals surface area contributed by atoms with E-state index in [0.717, 1.165) is 18.2 Å². The van der Waals surface area contributed by atoms with Crippen LogP contribution in [0.2, 0.25) is 15.1 Å². The molecule has 11 heteroatoms. The van der Waals surface area contributed by atoms with Crippen molar-refractivity contribution in [1.82, 2.24) is 10.2 Å². The standard InChI is InChI=1S/C26H34Cl3N3O4S/c1-5-14-30-26(34)23(6-2)31(17-19-12-13-21(28)22(29)16-19)25(33)11-8-15-32(37(4,35)36)24-10-7-9-20(27)18(24)3/h7,9-10,12-13,16,23H,5-6,8,11,14-15,17H2,1-4H3,(H,30,34). The van der Waals surface area contributed by atoms with E-state index in [1.54, 1.807) is 43.3 Å². The first kappa shape index (κ1) is 31.2. The van der Waals surface area contributed by atoms with Crippen LogP contribution in [0.5, 0.6) is 0 Å². The summed E-state index contributed by atoms with van der Waals surface area (Å²) >= 11 is 18.4. The van der Waals surface area contributed by atoms with Gasteiger partial charge in [0.05, 0.1) is 22.0 Å². The minimum absolute atomic E-state index is 0.0461. The van der Waals surface area contributed by atoms with Crippen molar-refractivity contribution < 1.29 is 18.0 Å². The van der Waals surface area contributed by atoms with Crippen LogP contribution in [0, 0.1) is 6.92 Å². The van der Waals surface area contributed by atoms with Crippen molar-refractivity contribution in [3.63, 3.8) is 0 Å². The molecule has 0 radical (unpaired) electrons. The molecule has 0 aliphatic carbocycles. The third kappa shape index (κ3) is 8.77. The Morgan fingerprint density at radius 2 is 1.73 bits per heavy atom. The van der Waals surface area contributed by atoms with E-state index in [9.17, 15) is 18.0 Å². The van der Waals surface area contributed by atoms with Crippen LogP contribution in [0.15, 0.2) is 36.4 Å². The van der Waals surface area contributed by atoms with Crippen LogP contribution in [0.3, 0.4) is 0 Å². The van der Waals surface area contributed by atoms with Crippen LogP contribution in [0.25, 0.3) is 0 Å². The van der Waals surface area contributed by atoms with E-state index in [4.69, 9.17) is 34.8 Å². The van der Waals surface area contributed by atoms with Crippen LogP contribution in [0.4, 0.5) is 5.69 Å². The summed E-state index contributed by atoms with van der Waals surface area (Å²) in [5.74, 6) is -0.495. The molecule has 1 N–H and O–H groups in total. The van der Waals surface area contributed by atoms with E-state index in [0.29, 0.717) is 39.3 Å². The average molecular weight is 591 g/mol. The van der Waals surface area contributed by atoms with Gasteiger partial charge < -0.3 is 10.2 Å². The third-order valence-corrected chi connectivity index (χ3v) is 8.26. The fraction of sp³-hybridized carbons (Fsp3) is 0.462. The van der Waals surface area contributed by atoms with Crippen LogP contribution < -0.4 is 9.62 Å². The quantitative estimate of drug-likeness (QED) is 0.318. The second kappa shape index (κ2) is 14.2. The van der Waals surface area contributed by atoms with Gasteiger partial charge in [-0.3, -0.25) is 13.9 Å². The number of hydrogen-bond acceptors (Lipinski definition) is 4. The number of amides is 2. The van der Waals surface area contributed by atoms with Gasteiger partial charge >= 0.3 is 0 Å². The van der Waals surface area contributed by atoms with Crippen molar-refractivity contribution in [2.45, 2.75) is 59.0 Å². The van der Waals surface area contributed by atoms with Gasteiger partial charge in [0.2, 0.25) is 21.8 Å². The van der Waals surface area contributed by atoms with Gasteiger partial charge in [0.15, 0.2) is 0 Å². The molecule has 0 spiro atoms. The Morgan fingerprint density at radius 1 is 1.03 bits per heavy atom. The lowest BCUT2D eigenvalue weighted by molar-refractivity contribution is -0.141. The van der Waals surface area contributed by atoms with Gasteiger partial charge in [-0.15, -0.1) is 0 Å². The molecule has 0 saturated carbocycles. The maximum Gasteiger partial charge on any atom is 0.242 e. The summed E-state index contributed by atoms with van der Waals surface area (Å²) in [4.78, 5) is 27.9. The van der Waals surface area contributed by atoms with Crippen molar-refractivity contribution in [1.29, 1.82) is 0 Å². The maximum absolute atomic E-state index is 13.5.